The summed E-state index contributed by atoms with van der Waals surface area (Å²) in [5.74, 6) is 0.603. The highest BCUT2D eigenvalue weighted by Gasteiger charge is 2.32. The van der Waals surface area contributed by atoms with E-state index in [-0.39, 0.29) is 12.5 Å². The SMILES string of the molecule is NC(=S)CCN(C(=O)COc1ccc(Cl)cc1)C1CC1. The van der Waals surface area contributed by atoms with Gasteiger partial charge in [0.2, 0.25) is 0 Å². The predicted molar refractivity (Wildman–Crippen MR) is 83.1 cm³/mol. The van der Waals surface area contributed by atoms with Gasteiger partial charge in [-0.25, -0.2) is 0 Å². The second-order valence-electron chi connectivity index (χ2n) is 4.78. The minimum absolute atomic E-state index is 0.0233. The van der Waals surface area contributed by atoms with Crippen molar-refractivity contribution in [1.82, 2.24) is 4.90 Å². The minimum atomic E-state index is -0.0290. The van der Waals surface area contributed by atoms with E-state index in [1.165, 1.54) is 0 Å². The number of halogens is 1. The summed E-state index contributed by atoms with van der Waals surface area (Å²) in [6.45, 7) is 0.596. The maximum absolute atomic E-state index is 12.2. The fourth-order valence-corrected chi connectivity index (χ4v) is 2.10. The second kappa shape index (κ2) is 6.90. The number of benzene rings is 1. The van der Waals surface area contributed by atoms with Gasteiger partial charge < -0.3 is 15.4 Å². The van der Waals surface area contributed by atoms with Crippen LogP contribution >= 0.6 is 23.8 Å². The summed E-state index contributed by atoms with van der Waals surface area (Å²) in [6, 6.07) is 7.27. The van der Waals surface area contributed by atoms with Crippen LogP contribution in [0.25, 0.3) is 0 Å². The van der Waals surface area contributed by atoms with Gasteiger partial charge >= 0.3 is 0 Å². The van der Waals surface area contributed by atoms with Crippen LogP contribution in [0.2, 0.25) is 5.02 Å². The molecule has 0 atom stereocenters. The number of amides is 1. The van der Waals surface area contributed by atoms with Crippen molar-refractivity contribution in [2.45, 2.75) is 25.3 Å². The van der Waals surface area contributed by atoms with Crippen LogP contribution < -0.4 is 10.5 Å². The molecule has 4 nitrogen and oxygen atoms in total. The summed E-state index contributed by atoms with van der Waals surface area (Å²) in [4.78, 5) is 14.4. The second-order valence-corrected chi connectivity index (χ2v) is 5.74. The Balaban J connectivity index is 1.85. The molecule has 2 rings (SSSR count). The van der Waals surface area contributed by atoms with Crippen molar-refractivity contribution in [1.29, 1.82) is 0 Å². The van der Waals surface area contributed by atoms with Crippen molar-refractivity contribution in [2.24, 2.45) is 5.73 Å². The summed E-state index contributed by atoms with van der Waals surface area (Å²) in [5.41, 5.74) is 5.49. The Bertz CT molecular complexity index is 488. The number of hydrogen-bond donors (Lipinski definition) is 1. The fraction of sp³-hybridized carbons (Fsp3) is 0.429. The Morgan fingerprint density at radius 3 is 2.60 bits per heavy atom. The molecule has 0 unspecified atom stereocenters. The van der Waals surface area contributed by atoms with Crippen molar-refractivity contribution in [3.63, 3.8) is 0 Å². The Morgan fingerprint density at radius 2 is 2.05 bits per heavy atom. The minimum Gasteiger partial charge on any atom is -0.484 e. The third-order valence-corrected chi connectivity index (χ3v) is 3.54. The van der Waals surface area contributed by atoms with E-state index >= 15 is 0 Å². The van der Waals surface area contributed by atoms with Crippen molar-refractivity contribution in [2.75, 3.05) is 13.2 Å². The Labute approximate surface area is 128 Å². The molecule has 0 radical (unpaired) electrons. The van der Waals surface area contributed by atoms with E-state index in [1.54, 1.807) is 24.3 Å². The maximum atomic E-state index is 12.2. The van der Waals surface area contributed by atoms with Gasteiger partial charge in [-0.3, -0.25) is 4.79 Å². The monoisotopic (exact) mass is 312 g/mol. The van der Waals surface area contributed by atoms with Gasteiger partial charge in [0.1, 0.15) is 5.75 Å². The standard InChI is InChI=1S/C14H17ClN2O2S/c15-10-1-5-12(6-2-10)19-9-14(18)17(11-3-4-11)8-7-13(16)20/h1-2,5-6,11H,3-4,7-9H2,(H2,16,20). The maximum Gasteiger partial charge on any atom is 0.260 e. The van der Waals surface area contributed by atoms with E-state index in [0.29, 0.717) is 34.8 Å². The third-order valence-electron chi connectivity index (χ3n) is 3.08. The summed E-state index contributed by atoms with van der Waals surface area (Å²) in [7, 11) is 0. The first-order valence-corrected chi connectivity index (χ1v) is 7.31. The molecule has 0 spiro atoms. The number of carbonyl (C=O) groups excluding carboxylic acids is 1. The number of hydrogen-bond acceptors (Lipinski definition) is 3. The highest BCUT2D eigenvalue weighted by Crippen LogP contribution is 2.27. The first-order chi connectivity index (χ1) is 9.56. The molecule has 0 aliphatic heterocycles. The zero-order valence-electron chi connectivity index (χ0n) is 11.0. The van der Waals surface area contributed by atoms with Crippen LogP contribution in [0.5, 0.6) is 5.75 Å². The van der Waals surface area contributed by atoms with E-state index < -0.39 is 0 Å². The number of nitrogens with two attached hydrogens (primary N) is 1. The van der Waals surface area contributed by atoms with Crippen LogP contribution in [0.15, 0.2) is 24.3 Å². The molecule has 1 aliphatic rings. The quantitative estimate of drug-likeness (QED) is 0.785. The van der Waals surface area contributed by atoms with Crippen LogP contribution in [-0.4, -0.2) is 35.0 Å². The Hall–Kier alpha value is -1.33. The summed E-state index contributed by atoms with van der Waals surface area (Å²) >= 11 is 10.6. The lowest BCUT2D eigenvalue weighted by molar-refractivity contribution is -0.133. The lowest BCUT2D eigenvalue weighted by Gasteiger charge is -2.22. The molecular formula is C14H17ClN2O2S. The molecule has 1 saturated carbocycles. The van der Waals surface area contributed by atoms with Crippen molar-refractivity contribution >= 4 is 34.7 Å². The van der Waals surface area contributed by atoms with Gasteiger partial charge in [-0.2, -0.15) is 0 Å². The van der Waals surface area contributed by atoms with Crippen molar-refractivity contribution in [3.8, 4) is 5.75 Å². The molecule has 1 aromatic rings. The van der Waals surface area contributed by atoms with Crippen LogP contribution in [0.3, 0.4) is 0 Å². The largest absolute Gasteiger partial charge is 0.484 e. The summed E-state index contributed by atoms with van der Waals surface area (Å²) in [6.07, 6.45) is 2.65. The number of thiocarbonyl (C=S) groups is 1. The summed E-state index contributed by atoms with van der Waals surface area (Å²) in [5, 5.41) is 0.639. The molecule has 0 bridgehead atoms. The summed E-state index contributed by atoms with van der Waals surface area (Å²) < 4.78 is 5.47. The topological polar surface area (TPSA) is 55.6 Å². The predicted octanol–water partition coefficient (Wildman–Crippen LogP) is 2.39. The molecule has 2 N–H and O–H groups in total. The van der Waals surface area contributed by atoms with Crippen LogP contribution in [0.1, 0.15) is 19.3 Å². The molecule has 0 saturated heterocycles. The lowest BCUT2D eigenvalue weighted by atomic mass is 10.3. The average Bonchev–Trinajstić information content (AvgIpc) is 3.22. The van der Waals surface area contributed by atoms with Crippen LogP contribution in [-0.2, 0) is 4.79 Å². The zero-order chi connectivity index (χ0) is 14.5. The molecule has 0 heterocycles. The molecule has 1 amide bonds. The fourth-order valence-electron chi connectivity index (χ4n) is 1.89. The Morgan fingerprint density at radius 1 is 1.40 bits per heavy atom. The van der Waals surface area contributed by atoms with Gasteiger partial charge in [-0.15, -0.1) is 0 Å². The number of ether oxygens (including phenoxy) is 1. The molecule has 20 heavy (non-hydrogen) atoms. The third kappa shape index (κ3) is 4.65. The smallest absolute Gasteiger partial charge is 0.260 e. The van der Waals surface area contributed by atoms with E-state index in [1.807, 2.05) is 4.90 Å². The average molecular weight is 313 g/mol. The van der Waals surface area contributed by atoms with E-state index in [0.717, 1.165) is 12.8 Å². The normalized spacial score (nSPS) is 13.8. The molecular weight excluding hydrogens is 296 g/mol. The van der Waals surface area contributed by atoms with Gasteiger partial charge in [0.15, 0.2) is 6.61 Å². The number of nitrogens with zero attached hydrogens (tertiary/aromatic N) is 1. The highest BCUT2D eigenvalue weighted by molar-refractivity contribution is 7.80. The highest BCUT2D eigenvalue weighted by atomic mass is 35.5. The lowest BCUT2D eigenvalue weighted by Crippen LogP contribution is -2.38. The van der Waals surface area contributed by atoms with E-state index in [2.05, 4.69) is 0 Å². The van der Waals surface area contributed by atoms with Gasteiger partial charge in [-0.1, -0.05) is 23.8 Å². The molecule has 1 fully saturated rings. The molecule has 108 valence electrons. The van der Waals surface area contributed by atoms with Crippen LogP contribution in [0, 0.1) is 0 Å². The van der Waals surface area contributed by atoms with Crippen LogP contribution in [0.4, 0.5) is 0 Å². The van der Waals surface area contributed by atoms with Crippen molar-refractivity contribution in [3.05, 3.63) is 29.3 Å². The van der Waals surface area contributed by atoms with E-state index in [4.69, 9.17) is 34.3 Å². The first kappa shape index (κ1) is 15.1. The van der Waals surface area contributed by atoms with Gasteiger partial charge in [0, 0.05) is 24.0 Å². The molecule has 0 aromatic heterocycles. The molecule has 6 heteroatoms. The van der Waals surface area contributed by atoms with Gasteiger partial charge in [0.05, 0.1) is 4.99 Å². The zero-order valence-corrected chi connectivity index (χ0v) is 12.6. The van der Waals surface area contributed by atoms with Gasteiger partial charge in [0.25, 0.3) is 5.91 Å². The van der Waals surface area contributed by atoms with E-state index in [9.17, 15) is 4.79 Å². The molecule has 1 aromatic carbocycles. The Kier molecular flexibility index (Phi) is 5.20. The molecule has 1 aliphatic carbocycles. The number of carbonyl (C=O) groups is 1. The van der Waals surface area contributed by atoms with Gasteiger partial charge in [-0.05, 0) is 37.1 Å². The number of rotatable bonds is 7. The van der Waals surface area contributed by atoms with Crippen molar-refractivity contribution < 1.29 is 9.53 Å². The first-order valence-electron chi connectivity index (χ1n) is 6.52.